The maximum Gasteiger partial charge on any atom is 0.307 e. The summed E-state index contributed by atoms with van der Waals surface area (Å²) in [4.78, 5) is 13.3. The Balaban J connectivity index is 2.94. The molecule has 0 unspecified atom stereocenters. The predicted octanol–water partition coefficient (Wildman–Crippen LogP) is 1.79. The van der Waals surface area contributed by atoms with Crippen LogP contribution >= 0.6 is 0 Å². The summed E-state index contributed by atoms with van der Waals surface area (Å²) in [6.45, 7) is 0. The van der Waals surface area contributed by atoms with Gasteiger partial charge in [0.1, 0.15) is 5.69 Å². The first-order valence-corrected chi connectivity index (χ1v) is 3.65. The summed E-state index contributed by atoms with van der Waals surface area (Å²) in [7, 11) is 0. The monoisotopic (exact) mass is 205 g/mol. The Morgan fingerprint density at radius 2 is 2.21 bits per heavy atom. The third kappa shape index (κ3) is 2.45. The molecule has 1 heterocycles. The SMILES string of the molecule is O=C(O)Cc1cnc(C(F)F)c(F)c1. The molecule has 0 fully saturated rings. The van der Waals surface area contributed by atoms with Crippen molar-refractivity contribution < 1.29 is 23.1 Å². The Morgan fingerprint density at radius 1 is 1.57 bits per heavy atom. The first-order chi connectivity index (χ1) is 6.50. The number of rotatable bonds is 3. The van der Waals surface area contributed by atoms with Crippen LogP contribution in [0, 0.1) is 5.82 Å². The first kappa shape index (κ1) is 10.5. The van der Waals surface area contributed by atoms with E-state index < -0.39 is 30.3 Å². The molecule has 76 valence electrons. The van der Waals surface area contributed by atoms with Crippen molar-refractivity contribution in [3.8, 4) is 0 Å². The summed E-state index contributed by atoms with van der Waals surface area (Å²) in [5.74, 6) is -2.35. The Bertz CT molecular complexity index is 354. The van der Waals surface area contributed by atoms with E-state index in [1.165, 1.54) is 0 Å². The van der Waals surface area contributed by atoms with Crippen molar-refractivity contribution >= 4 is 5.97 Å². The molecule has 14 heavy (non-hydrogen) atoms. The van der Waals surface area contributed by atoms with Crippen molar-refractivity contribution in [2.45, 2.75) is 12.8 Å². The molecule has 0 aliphatic rings. The Kier molecular flexibility index (Phi) is 3.06. The lowest BCUT2D eigenvalue weighted by molar-refractivity contribution is -0.136. The van der Waals surface area contributed by atoms with Crippen LogP contribution in [-0.2, 0) is 11.2 Å². The number of aromatic nitrogens is 1. The average molecular weight is 205 g/mol. The van der Waals surface area contributed by atoms with Crippen LogP contribution in [0.2, 0.25) is 0 Å². The van der Waals surface area contributed by atoms with Crippen LogP contribution in [0.15, 0.2) is 12.3 Å². The minimum atomic E-state index is -2.99. The van der Waals surface area contributed by atoms with Gasteiger partial charge in [0.25, 0.3) is 6.43 Å². The highest BCUT2D eigenvalue weighted by molar-refractivity contribution is 5.69. The van der Waals surface area contributed by atoms with Crippen molar-refractivity contribution in [3.63, 3.8) is 0 Å². The minimum absolute atomic E-state index is 0.0550. The van der Waals surface area contributed by atoms with E-state index in [1.54, 1.807) is 0 Å². The quantitative estimate of drug-likeness (QED) is 0.818. The van der Waals surface area contributed by atoms with E-state index in [2.05, 4.69) is 4.98 Å². The smallest absolute Gasteiger partial charge is 0.307 e. The van der Waals surface area contributed by atoms with Gasteiger partial charge in [0.2, 0.25) is 0 Å². The molecule has 1 aromatic heterocycles. The van der Waals surface area contributed by atoms with Gasteiger partial charge < -0.3 is 5.11 Å². The molecule has 0 spiro atoms. The third-order valence-corrected chi connectivity index (χ3v) is 1.49. The maximum atomic E-state index is 12.8. The second kappa shape index (κ2) is 4.08. The van der Waals surface area contributed by atoms with Crippen LogP contribution in [0.4, 0.5) is 13.2 Å². The number of hydrogen-bond acceptors (Lipinski definition) is 2. The highest BCUT2D eigenvalue weighted by Crippen LogP contribution is 2.19. The van der Waals surface area contributed by atoms with Crippen LogP contribution in [0.3, 0.4) is 0 Å². The lowest BCUT2D eigenvalue weighted by atomic mass is 10.2. The van der Waals surface area contributed by atoms with Crippen molar-refractivity contribution in [1.29, 1.82) is 0 Å². The van der Waals surface area contributed by atoms with E-state index >= 15 is 0 Å². The molecule has 0 radical (unpaired) electrons. The molecule has 0 saturated carbocycles. The summed E-state index contributed by atoms with van der Waals surface area (Å²) < 4.78 is 36.8. The van der Waals surface area contributed by atoms with E-state index in [0.29, 0.717) is 0 Å². The summed E-state index contributed by atoms with van der Waals surface area (Å²) in [5, 5.41) is 8.34. The van der Waals surface area contributed by atoms with Crippen molar-refractivity contribution in [2.75, 3.05) is 0 Å². The molecule has 0 atom stereocenters. The van der Waals surface area contributed by atoms with Crippen molar-refractivity contribution in [1.82, 2.24) is 4.98 Å². The summed E-state index contributed by atoms with van der Waals surface area (Å²) >= 11 is 0. The number of pyridine rings is 1. The van der Waals surface area contributed by atoms with Gasteiger partial charge in [-0.2, -0.15) is 0 Å². The molecule has 0 aromatic carbocycles. The van der Waals surface area contributed by atoms with Crippen LogP contribution in [0.5, 0.6) is 0 Å². The largest absolute Gasteiger partial charge is 0.481 e. The van der Waals surface area contributed by atoms with E-state index in [-0.39, 0.29) is 5.56 Å². The van der Waals surface area contributed by atoms with Crippen molar-refractivity contribution in [2.24, 2.45) is 0 Å². The molecule has 0 aliphatic carbocycles. The third-order valence-electron chi connectivity index (χ3n) is 1.49. The normalized spacial score (nSPS) is 10.6. The Labute approximate surface area is 77.2 Å². The molecule has 1 rings (SSSR count). The molecule has 1 aromatic rings. The second-order valence-electron chi connectivity index (χ2n) is 2.58. The first-order valence-electron chi connectivity index (χ1n) is 3.65. The number of hydrogen-bond donors (Lipinski definition) is 1. The number of carboxylic acids is 1. The molecule has 0 aliphatic heterocycles. The van der Waals surface area contributed by atoms with E-state index in [0.717, 1.165) is 12.3 Å². The fourth-order valence-electron chi connectivity index (χ4n) is 0.920. The van der Waals surface area contributed by atoms with Gasteiger partial charge in [-0.25, -0.2) is 13.2 Å². The van der Waals surface area contributed by atoms with Gasteiger partial charge >= 0.3 is 5.97 Å². The van der Waals surface area contributed by atoms with Gasteiger partial charge in [0.15, 0.2) is 5.82 Å². The highest BCUT2D eigenvalue weighted by Gasteiger charge is 2.15. The molecule has 0 bridgehead atoms. The van der Waals surface area contributed by atoms with Crippen LogP contribution in [0.1, 0.15) is 17.7 Å². The fourth-order valence-corrected chi connectivity index (χ4v) is 0.920. The number of carboxylic acid groups (broad SMARTS) is 1. The molecule has 1 N–H and O–H groups in total. The van der Waals surface area contributed by atoms with Gasteiger partial charge in [-0.1, -0.05) is 0 Å². The zero-order chi connectivity index (χ0) is 10.7. The zero-order valence-corrected chi connectivity index (χ0v) is 6.88. The topological polar surface area (TPSA) is 50.2 Å². The molecule has 0 saturated heterocycles. The number of aliphatic carboxylic acids is 1. The maximum absolute atomic E-state index is 12.8. The predicted molar refractivity (Wildman–Crippen MR) is 40.5 cm³/mol. The average Bonchev–Trinajstić information content (AvgIpc) is 2.01. The lowest BCUT2D eigenvalue weighted by Crippen LogP contribution is -2.03. The number of carbonyl (C=O) groups is 1. The fraction of sp³-hybridized carbons (Fsp3) is 0.250. The van der Waals surface area contributed by atoms with Crippen molar-refractivity contribution in [3.05, 3.63) is 29.3 Å². The van der Waals surface area contributed by atoms with E-state index in [4.69, 9.17) is 5.11 Å². The number of nitrogens with zero attached hydrogens (tertiary/aromatic N) is 1. The highest BCUT2D eigenvalue weighted by atomic mass is 19.3. The summed E-state index contributed by atoms with van der Waals surface area (Å²) in [6, 6.07) is 0.753. The van der Waals surface area contributed by atoms with Crippen LogP contribution < -0.4 is 0 Å². The number of halogens is 3. The molecule has 6 heteroatoms. The molecule has 3 nitrogen and oxygen atoms in total. The standard InChI is InChI=1S/C8H6F3NO2/c9-5-1-4(2-6(13)14)3-12-7(5)8(10)11/h1,3,8H,2H2,(H,13,14). The van der Waals surface area contributed by atoms with Gasteiger partial charge in [0.05, 0.1) is 6.42 Å². The van der Waals surface area contributed by atoms with Gasteiger partial charge in [0, 0.05) is 6.20 Å². The number of alkyl halides is 2. The molecular formula is C8H6F3NO2. The summed E-state index contributed by atoms with van der Waals surface area (Å²) in [5.41, 5.74) is -0.904. The lowest BCUT2D eigenvalue weighted by Gasteiger charge is -2.02. The summed E-state index contributed by atoms with van der Waals surface area (Å²) in [6.07, 6.45) is -2.50. The van der Waals surface area contributed by atoms with Gasteiger partial charge in [-0.3, -0.25) is 9.78 Å². The Hall–Kier alpha value is -1.59. The Morgan fingerprint density at radius 3 is 2.64 bits per heavy atom. The minimum Gasteiger partial charge on any atom is -0.481 e. The van der Waals surface area contributed by atoms with Crippen LogP contribution in [-0.4, -0.2) is 16.1 Å². The zero-order valence-electron chi connectivity index (χ0n) is 6.88. The van der Waals surface area contributed by atoms with Crippen LogP contribution in [0.25, 0.3) is 0 Å². The van der Waals surface area contributed by atoms with Gasteiger partial charge in [-0.05, 0) is 11.6 Å². The second-order valence-corrected chi connectivity index (χ2v) is 2.58. The van der Waals surface area contributed by atoms with E-state index in [1.807, 2.05) is 0 Å². The van der Waals surface area contributed by atoms with Gasteiger partial charge in [-0.15, -0.1) is 0 Å². The molecular weight excluding hydrogens is 199 g/mol. The van der Waals surface area contributed by atoms with E-state index in [9.17, 15) is 18.0 Å². The molecule has 0 amide bonds.